The first-order valence-corrected chi connectivity index (χ1v) is 6.70. The minimum Gasteiger partial charge on any atom is -0.306 e. The summed E-state index contributed by atoms with van der Waals surface area (Å²) in [6.45, 7) is 0. The molecule has 2 aromatic rings. The van der Waals surface area contributed by atoms with Gasteiger partial charge in [-0.3, -0.25) is 9.97 Å². The van der Waals surface area contributed by atoms with Crippen molar-refractivity contribution in [2.75, 3.05) is 0 Å². The van der Waals surface area contributed by atoms with Crippen molar-refractivity contribution in [1.82, 2.24) is 31.2 Å². The van der Waals surface area contributed by atoms with Gasteiger partial charge in [-0.05, 0) is 24.3 Å². The van der Waals surface area contributed by atoms with E-state index in [-0.39, 0.29) is 0 Å². The smallest absolute Gasteiger partial charge is 0.306 e. The molecule has 2 fully saturated rings. The van der Waals surface area contributed by atoms with Crippen molar-refractivity contribution in [3.05, 3.63) is 60.2 Å². The highest BCUT2D eigenvalue weighted by Gasteiger charge is 2.68. The van der Waals surface area contributed by atoms with Crippen molar-refractivity contribution < 1.29 is 9.59 Å². The Morgan fingerprint density at radius 3 is 1.41 bits per heavy atom. The van der Waals surface area contributed by atoms with E-state index in [0.29, 0.717) is 11.4 Å². The zero-order valence-electron chi connectivity index (χ0n) is 11.3. The maximum Gasteiger partial charge on any atom is 0.319 e. The Balaban J connectivity index is 1.98. The maximum absolute atomic E-state index is 12.1. The molecule has 4 rings (SSSR count). The number of carbonyl (C=O) groups excluding carboxylic acids is 2. The Hall–Kier alpha value is -3.16. The van der Waals surface area contributed by atoms with Crippen molar-refractivity contribution in [1.29, 1.82) is 0 Å². The molecule has 8 heteroatoms. The van der Waals surface area contributed by atoms with E-state index in [0.717, 1.165) is 0 Å². The predicted octanol–water partition coefficient (Wildman–Crippen LogP) is 0.108. The molecule has 4 heterocycles. The third-order valence-electron chi connectivity index (χ3n) is 3.86. The van der Waals surface area contributed by atoms with Crippen LogP contribution in [-0.4, -0.2) is 22.0 Å². The summed E-state index contributed by atoms with van der Waals surface area (Å²) in [7, 11) is 0. The Labute approximate surface area is 125 Å². The highest BCUT2D eigenvalue weighted by molar-refractivity contribution is 5.88. The van der Waals surface area contributed by atoms with Crippen molar-refractivity contribution >= 4 is 12.1 Å². The molecule has 0 radical (unpaired) electrons. The molecule has 2 aliphatic heterocycles. The molecule has 0 aromatic carbocycles. The van der Waals surface area contributed by atoms with Gasteiger partial charge in [0.1, 0.15) is 0 Å². The van der Waals surface area contributed by atoms with Crippen LogP contribution in [0.3, 0.4) is 0 Å². The molecule has 2 saturated heterocycles. The first-order chi connectivity index (χ1) is 10.7. The number of fused-ring (bicyclic) bond motifs is 1. The zero-order valence-corrected chi connectivity index (χ0v) is 11.3. The van der Waals surface area contributed by atoms with Crippen molar-refractivity contribution in [2.45, 2.75) is 11.3 Å². The van der Waals surface area contributed by atoms with Crippen LogP contribution in [0.15, 0.2) is 48.8 Å². The number of amides is 4. The van der Waals surface area contributed by atoms with Gasteiger partial charge in [-0.1, -0.05) is 12.1 Å². The second-order valence-corrected chi connectivity index (χ2v) is 5.09. The van der Waals surface area contributed by atoms with E-state index in [1.807, 2.05) is 0 Å². The van der Waals surface area contributed by atoms with Gasteiger partial charge in [0.25, 0.3) is 0 Å². The molecule has 110 valence electrons. The second kappa shape index (κ2) is 4.17. The van der Waals surface area contributed by atoms with Gasteiger partial charge in [-0.25, -0.2) is 9.59 Å². The normalized spacial score (nSPS) is 29.1. The third kappa shape index (κ3) is 1.46. The lowest BCUT2D eigenvalue weighted by molar-refractivity contribution is 0.197. The van der Waals surface area contributed by atoms with E-state index in [4.69, 9.17) is 0 Å². The van der Waals surface area contributed by atoms with Gasteiger partial charge in [0, 0.05) is 12.4 Å². The summed E-state index contributed by atoms with van der Waals surface area (Å²) in [5, 5.41) is 11.1. The number of urea groups is 2. The van der Waals surface area contributed by atoms with Crippen LogP contribution in [0.25, 0.3) is 0 Å². The molecule has 8 nitrogen and oxygen atoms in total. The SMILES string of the molecule is O=C1NC2(c3ccccn3)NC(=O)NC2(c2ccccn2)N1. The molecular formula is C14H12N6O2. The molecule has 4 amide bonds. The van der Waals surface area contributed by atoms with Crippen LogP contribution in [-0.2, 0) is 11.3 Å². The number of hydrogen-bond donors (Lipinski definition) is 4. The van der Waals surface area contributed by atoms with Crippen LogP contribution in [0.1, 0.15) is 11.4 Å². The molecular weight excluding hydrogens is 284 g/mol. The van der Waals surface area contributed by atoms with Crippen LogP contribution < -0.4 is 21.3 Å². The van der Waals surface area contributed by atoms with Gasteiger partial charge in [0.05, 0.1) is 11.4 Å². The fourth-order valence-electron chi connectivity index (χ4n) is 2.99. The summed E-state index contributed by atoms with van der Waals surface area (Å²) in [6, 6.07) is 9.71. The quantitative estimate of drug-likeness (QED) is 0.630. The molecule has 0 spiro atoms. The summed E-state index contributed by atoms with van der Waals surface area (Å²) in [5.41, 5.74) is -1.51. The lowest BCUT2D eigenvalue weighted by Crippen LogP contribution is -2.61. The van der Waals surface area contributed by atoms with Crippen LogP contribution in [0.5, 0.6) is 0 Å². The standard InChI is InChI=1S/C14H12N6O2/c21-11-17-13(9-5-1-3-7-15-9)14(19-11,20-12(22)18-13)10-6-2-4-8-16-10/h1-8H,(H2,17,19,21)(H2,18,20,22). The van der Waals surface area contributed by atoms with Crippen LogP contribution >= 0.6 is 0 Å². The number of pyridine rings is 2. The van der Waals surface area contributed by atoms with Gasteiger partial charge in [-0.2, -0.15) is 0 Å². The number of carbonyl (C=O) groups is 2. The number of hydrogen-bond acceptors (Lipinski definition) is 4. The molecule has 0 aliphatic carbocycles. The summed E-state index contributed by atoms with van der Waals surface area (Å²) in [5.74, 6) is 0. The predicted molar refractivity (Wildman–Crippen MR) is 75.2 cm³/mol. The van der Waals surface area contributed by atoms with Crippen molar-refractivity contribution in [3.8, 4) is 0 Å². The van der Waals surface area contributed by atoms with Gasteiger partial charge in [0.15, 0.2) is 0 Å². The minimum absolute atomic E-state index is 0.427. The summed E-state index contributed by atoms with van der Waals surface area (Å²) in [6.07, 6.45) is 3.20. The Morgan fingerprint density at radius 1 is 0.682 bits per heavy atom. The Kier molecular flexibility index (Phi) is 2.38. The summed E-state index contributed by atoms with van der Waals surface area (Å²) >= 11 is 0. The number of nitrogens with one attached hydrogen (secondary N) is 4. The molecule has 4 N–H and O–H groups in total. The fourth-order valence-corrected chi connectivity index (χ4v) is 2.99. The maximum atomic E-state index is 12.1. The minimum atomic E-state index is -1.25. The average molecular weight is 296 g/mol. The number of nitrogens with zero attached hydrogens (tertiary/aromatic N) is 2. The number of rotatable bonds is 2. The van der Waals surface area contributed by atoms with E-state index in [1.165, 1.54) is 0 Å². The Morgan fingerprint density at radius 2 is 1.09 bits per heavy atom. The highest BCUT2D eigenvalue weighted by atomic mass is 16.2. The molecule has 22 heavy (non-hydrogen) atoms. The molecule has 0 bridgehead atoms. The van der Waals surface area contributed by atoms with Crippen molar-refractivity contribution in [2.24, 2.45) is 0 Å². The first kappa shape index (κ1) is 12.6. The van der Waals surface area contributed by atoms with Gasteiger partial charge < -0.3 is 21.3 Å². The van der Waals surface area contributed by atoms with Crippen LogP contribution in [0, 0.1) is 0 Å². The van der Waals surface area contributed by atoms with E-state index in [1.54, 1.807) is 48.8 Å². The van der Waals surface area contributed by atoms with E-state index >= 15 is 0 Å². The summed E-state index contributed by atoms with van der Waals surface area (Å²) < 4.78 is 0. The molecule has 0 unspecified atom stereocenters. The van der Waals surface area contributed by atoms with Crippen LogP contribution in [0.2, 0.25) is 0 Å². The van der Waals surface area contributed by atoms with E-state index < -0.39 is 23.4 Å². The average Bonchev–Trinajstić information content (AvgIpc) is 2.97. The molecule has 0 atom stereocenters. The topological polar surface area (TPSA) is 108 Å². The third-order valence-corrected chi connectivity index (χ3v) is 3.86. The first-order valence-electron chi connectivity index (χ1n) is 6.70. The van der Waals surface area contributed by atoms with Gasteiger partial charge in [0.2, 0.25) is 11.3 Å². The van der Waals surface area contributed by atoms with E-state index in [2.05, 4.69) is 31.2 Å². The Bertz CT molecular complexity index is 667. The van der Waals surface area contributed by atoms with Gasteiger partial charge >= 0.3 is 12.1 Å². The fraction of sp³-hybridized carbons (Fsp3) is 0.143. The van der Waals surface area contributed by atoms with Gasteiger partial charge in [-0.15, -0.1) is 0 Å². The van der Waals surface area contributed by atoms with E-state index in [9.17, 15) is 9.59 Å². The largest absolute Gasteiger partial charge is 0.319 e. The van der Waals surface area contributed by atoms with Crippen LogP contribution in [0.4, 0.5) is 9.59 Å². The molecule has 0 saturated carbocycles. The second-order valence-electron chi connectivity index (χ2n) is 5.09. The monoisotopic (exact) mass is 296 g/mol. The van der Waals surface area contributed by atoms with Crippen molar-refractivity contribution in [3.63, 3.8) is 0 Å². The molecule has 2 aliphatic rings. The summed E-state index contributed by atoms with van der Waals surface area (Å²) in [4.78, 5) is 32.7. The highest BCUT2D eigenvalue weighted by Crippen LogP contribution is 2.41. The molecule has 2 aromatic heterocycles. The zero-order chi connectivity index (χ0) is 15.2. The lowest BCUT2D eigenvalue weighted by Gasteiger charge is -2.35. The number of aromatic nitrogens is 2. The lowest BCUT2D eigenvalue weighted by atomic mass is 9.88.